The van der Waals surface area contributed by atoms with Gasteiger partial charge in [0.1, 0.15) is 0 Å². The predicted molar refractivity (Wildman–Crippen MR) is 168 cm³/mol. The maximum absolute atomic E-state index is 3.67. The summed E-state index contributed by atoms with van der Waals surface area (Å²) in [6.45, 7) is 3.25. The van der Waals surface area contributed by atoms with Crippen LogP contribution in [0, 0.1) is 23.7 Å². The summed E-state index contributed by atoms with van der Waals surface area (Å²) in [6.07, 6.45) is 7.76. The lowest BCUT2D eigenvalue weighted by Crippen LogP contribution is -2.02. The van der Waals surface area contributed by atoms with Gasteiger partial charge in [-0.15, -0.1) is 0 Å². The molecule has 0 aromatic heterocycles. The second kappa shape index (κ2) is 13.4. The fraction of sp³-hybridized carbons (Fsp3) is 0.211. The number of unbranched alkanes of at least 4 members (excludes halogenated alkanes) is 5. The van der Waals surface area contributed by atoms with Crippen molar-refractivity contribution < 1.29 is 0 Å². The zero-order chi connectivity index (χ0) is 26.7. The molecule has 0 aliphatic carbocycles. The Balaban J connectivity index is 1.58. The van der Waals surface area contributed by atoms with Crippen LogP contribution < -0.4 is 5.32 Å². The molecule has 0 amide bonds. The maximum Gasteiger partial charge on any atom is 0.0407 e. The van der Waals surface area contributed by atoms with E-state index in [0.717, 1.165) is 56.0 Å². The minimum Gasteiger partial charge on any atom is -0.385 e. The summed E-state index contributed by atoms with van der Waals surface area (Å²) in [5.41, 5.74) is 5.27. The summed E-state index contributed by atoms with van der Waals surface area (Å²) in [5.74, 6) is 13.9. The average Bonchev–Trinajstić information content (AvgIpc) is 2.99. The third kappa shape index (κ3) is 6.71. The van der Waals surface area contributed by atoms with Crippen LogP contribution in [0.25, 0.3) is 21.5 Å². The van der Waals surface area contributed by atoms with Crippen molar-refractivity contribution in [3.05, 3.63) is 125 Å². The highest BCUT2D eigenvalue weighted by Gasteiger charge is 2.12. The number of fused-ring (bicyclic) bond motifs is 2. The van der Waals surface area contributed by atoms with Crippen LogP contribution in [0.5, 0.6) is 0 Å². The van der Waals surface area contributed by atoms with E-state index in [1.165, 1.54) is 38.5 Å². The molecule has 0 aliphatic heterocycles. The minimum absolute atomic E-state index is 0.983. The first-order valence-corrected chi connectivity index (χ1v) is 14.2. The number of rotatable bonds is 8. The molecule has 1 nitrogen and oxygen atoms in total. The third-order valence-corrected chi connectivity index (χ3v) is 7.09. The van der Waals surface area contributed by atoms with Crippen molar-refractivity contribution in [3.63, 3.8) is 0 Å². The summed E-state index contributed by atoms with van der Waals surface area (Å²) in [6, 6.07) is 35.6. The number of nitrogens with one attached hydrogen (secondary N) is 1. The molecule has 0 bridgehead atoms. The van der Waals surface area contributed by atoms with Gasteiger partial charge >= 0.3 is 0 Å². The van der Waals surface area contributed by atoms with Crippen LogP contribution in [-0.4, -0.2) is 6.54 Å². The molecule has 0 aliphatic rings. The molecule has 5 rings (SSSR count). The Morgan fingerprint density at radius 3 is 1.62 bits per heavy atom. The van der Waals surface area contributed by atoms with Gasteiger partial charge in [-0.3, -0.25) is 0 Å². The summed E-state index contributed by atoms with van der Waals surface area (Å²) >= 11 is 0. The Morgan fingerprint density at radius 1 is 0.487 bits per heavy atom. The molecular formula is C38H35N. The monoisotopic (exact) mass is 505 g/mol. The van der Waals surface area contributed by atoms with Crippen molar-refractivity contribution in [3.8, 4) is 23.7 Å². The highest BCUT2D eigenvalue weighted by atomic mass is 14.9. The Bertz CT molecular complexity index is 1660. The molecule has 0 atom stereocenters. The molecule has 0 heterocycles. The lowest BCUT2D eigenvalue weighted by molar-refractivity contribution is 0.617. The van der Waals surface area contributed by atoms with Crippen LogP contribution in [0.3, 0.4) is 0 Å². The molecule has 5 aromatic rings. The summed E-state index contributed by atoms with van der Waals surface area (Å²) in [5, 5.41) is 8.22. The highest BCUT2D eigenvalue weighted by molar-refractivity contribution is 6.10. The summed E-state index contributed by atoms with van der Waals surface area (Å²) < 4.78 is 0. The van der Waals surface area contributed by atoms with Crippen LogP contribution in [-0.2, 0) is 0 Å². The third-order valence-electron chi connectivity index (χ3n) is 7.09. The lowest BCUT2D eigenvalue weighted by atomic mass is 9.91. The van der Waals surface area contributed by atoms with Gasteiger partial charge in [0, 0.05) is 39.9 Å². The van der Waals surface area contributed by atoms with Gasteiger partial charge in [0.05, 0.1) is 0 Å². The Kier molecular flexibility index (Phi) is 8.97. The smallest absolute Gasteiger partial charge is 0.0407 e. The van der Waals surface area contributed by atoms with Crippen molar-refractivity contribution in [2.75, 3.05) is 11.9 Å². The molecule has 39 heavy (non-hydrogen) atoms. The van der Waals surface area contributed by atoms with E-state index in [1.54, 1.807) is 0 Å². The fourth-order valence-corrected chi connectivity index (χ4v) is 5.01. The predicted octanol–water partition coefficient (Wildman–Crippen LogP) is 9.56. The fourth-order valence-electron chi connectivity index (χ4n) is 5.01. The molecular weight excluding hydrogens is 470 g/mol. The van der Waals surface area contributed by atoms with Gasteiger partial charge in [0.2, 0.25) is 0 Å². The van der Waals surface area contributed by atoms with Crippen LogP contribution in [0.1, 0.15) is 67.7 Å². The lowest BCUT2D eigenvalue weighted by Gasteiger charge is -2.13. The molecule has 0 fully saturated rings. The quantitative estimate of drug-likeness (QED) is 0.126. The Morgan fingerprint density at radius 2 is 1.00 bits per heavy atom. The van der Waals surface area contributed by atoms with Gasteiger partial charge in [-0.05, 0) is 59.0 Å². The Hall–Kier alpha value is -4.46. The first-order valence-electron chi connectivity index (χ1n) is 14.2. The molecule has 0 unspecified atom stereocenters. The van der Waals surface area contributed by atoms with Gasteiger partial charge in [-0.2, -0.15) is 0 Å². The molecule has 1 heteroatoms. The van der Waals surface area contributed by atoms with Gasteiger partial charge < -0.3 is 5.32 Å². The number of anilines is 1. The molecule has 0 spiro atoms. The second-order valence-corrected chi connectivity index (χ2v) is 9.98. The van der Waals surface area contributed by atoms with Gasteiger partial charge in [0.25, 0.3) is 0 Å². The molecule has 5 aromatic carbocycles. The van der Waals surface area contributed by atoms with E-state index in [2.05, 4.69) is 103 Å². The van der Waals surface area contributed by atoms with E-state index < -0.39 is 0 Å². The van der Waals surface area contributed by atoms with Gasteiger partial charge in [0.15, 0.2) is 0 Å². The minimum atomic E-state index is 0.983. The second-order valence-electron chi connectivity index (χ2n) is 9.98. The van der Waals surface area contributed by atoms with E-state index in [-0.39, 0.29) is 0 Å². The zero-order valence-electron chi connectivity index (χ0n) is 22.8. The van der Waals surface area contributed by atoms with Crippen LogP contribution in [0.4, 0.5) is 5.69 Å². The Labute approximate surface area is 233 Å². The van der Waals surface area contributed by atoms with Crippen LogP contribution in [0.2, 0.25) is 0 Å². The van der Waals surface area contributed by atoms with E-state index >= 15 is 0 Å². The molecule has 0 saturated heterocycles. The van der Waals surface area contributed by atoms with Gasteiger partial charge in [-0.25, -0.2) is 0 Å². The number of hydrogen-bond acceptors (Lipinski definition) is 1. The number of hydrogen-bond donors (Lipinski definition) is 1. The molecule has 192 valence electrons. The standard InChI is InChI=1S/C38H35N/c1-2-3-4-5-6-15-28-39-32-24-27-37-35(25-22-30-16-9-7-10-17-30)33-20-13-14-21-34(33)36(38(37)29-32)26-23-31-18-11-8-12-19-31/h7-14,16-21,24,27,29,39H,2-6,15,28H2,1H3. The first-order chi connectivity index (χ1) is 19.3. The summed E-state index contributed by atoms with van der Waals surface area (Å²) in [4.78, 5) is 0. The average molecular weight is 506 g/mol. The van der Waals surface area contributed by atoms with Crippen molar-refractivity contribution in [1.82, 2.24) is 0 Å². The topological polar surface area (TPSA) is 12.0 Å². The van der Waals surface area contributed by atoms with E-state index in [4.69, 9.17) is 0 Å². The van der Waals surface area contributed by atoms with Crippen molar-refractivity contribution in [1.29, 1.82) is 0 Å². The van der Waals surface area contributed by atoms with Crippen molar-refractivity contribution >= 4 is 27.2 Å². The molecule has 1 N–H and O–H groups in total. The van der Waals surface area contributed by atoms with Crippen molar-refractivity contribution in [2.24, 2.45) is 0 Å². The SMILES string of the molecule is CCCCCCCCNc1ccc2c(C#Cc3ccccc3)c3ccccc3c(C#Cc3ccccc3)c2c1. The molecule has 0 saturated carbocycles. The van der Waals surface area contributed by atoms with Crippen LogP contribution in [0.15, 0.2) is 103 Å². The number of benzene rings is 5. The summed E-state index contributed by atoms with van der Waals surface area (Å²) in [7, 11) is 0. The highest BCUT2D eigenvalue weighted by Crippen LogP contribution is 2.34. The maximum atomic E-state index is 3.67. The van der Waals surface area contributed by atoms with E-state index in [1.807, 2.05) is 36.4 Å². The normalized spacial score (nSPS) is 10.5. The van der Waals surface area contributed by atoms with Gasteiger partial charge in [-0.1, -0.05) is 129 Å². The first kappa shape index (κ1) is 26.2. The van der Waals surface area contributed by atoms with E-state index in [9.17, 15) is 0 Å². The zero-order valence-corrected chi connectivity index (χ0v) is 22.8. The van der Waals surface area contributed by atoms with E-state index in [0.29, 0.717) is 0 Å². The molecule has 0 radical (unpaired) electrons. The van der Waals surface area contributed by atoms with Crippen molar-refractivity contribution in [2.45, 2.75) is 45.4 Å². The van der Waals surface area contributed by atoms with Crippen LogP contribution >= 0.6 is 0 Å². The largest absolute Gasteiger partial charge is 0.385 e.